The summed E-state index contributed by atoms with van der Waals surface area (Å²) in [5.41, 5.74) is 0.320. The fourth-order valence-electron chi connectivity index (χ4n) is 1.67. The summed E-state index contributed by atoms with van der Waals surface area (Å²) in [6.07, 6.45) is 1.37. The fourth-order valence-corrected chi connectivity index (χ4v) is 3.55. The zero-order valence-corrected chi connectivity index (χ0v) is 14.9. The molecule has 0 bridgehead atoms. The second-order valence-electron chi connectivity index (χ2n) is 4.17. The summed E-state index contributed by atoms with van der Waals surface area (Å²) in [7, 11) is 1.17. The topological polar surface area (TPSA) is 83.9 Å². The molecule has 0 saturated carbocycles. The van der Waals surface area contributed by atoms with Crippen LogP contribution in [-0.4, -0.2) is 40.8 Å². The molecule has 0 aliphatic carbocycles. The van der Waals surface area contributed by atoms with E-state index in [2.05, 4.69) is 4.74 Å². The van der Waals surface area contributed by atoms with E-state index in [9.17, 15) is 19.5 Å². The molecule has 0 radical (unpaired) electrons. The Hall–Kier alpha value is -1.26. The van der Waals surface area contributed by atoms with Gasteiger partial charge in [0, 0.05) is 10.6 Å². The van der Waals surface area contributed by atoms with Crippen molar-refractivity contribution < 1.29 is 24.2 Å². The summed E-state index contributed by atoms with van der Waals surface area (Å²) in [5, 5.41) is 9.80. The van der Waals surface area contributed by atoms with E-state index in [1.54, 1.807) is 6.07 Å². The van der Waals surface area contributed by atoms with Crippen LogP contribution in [0.25, 0.3) is 6.08 Å². The number of carbonyl (C=O) groups excluding carboxylic acids is 3. The van der Waals surface area contributed by atoms with Crippen LogP contribution < -0.4 is 0 Å². The van der Waals surface area contributed by atoms with Gasteiger partial charge in [-0.3, -0.25) is 19.3 Å². The molecule has 1 saturated heterocycles. The van der Waals surface area contributed by atoms with Crippen LogP contribution in [-0.2, 0) is 14.3 Å². The highest BCUT2D eigenvalue weighted by molar-refractivity contribution is 14.1. The molecule has 0 unspecified atom stereocenters. The van der Waals surface area contributed by atoms with E-state index in [-0.39, 0.29) is 10.7 Å². The third-order valence-electron chi connectivity index (χ3n) is 2.73. The van der Waals surface area contributed by atoms with Gasteiger partial charge in [0.25, 0.3) is 11.1 Å². The molecule has 1 aromatic carbocycles. The number of amides is 2. The predicted molar refractivity (Wildman–Crippen MR) is 90.5 cm³/mol. The Bertz CT molecular complexity index is 706. The van der Waals surface area contributed by atoms with Crippen LogP contribution in [0, 0.1) is 3.57 Å². The minimum atomic E-state index is -0.691. The van der Waals surface area contributed by atoms with Crippen molar-refractivity contribution in [3.63, 3.8) is 0 Å². The van der Waals surface area contributed by atoms with Crippen LogP contribution in [0.15, 0.2) is 17.0 Å². The first-order chi connectivity index (χ1) is 10.3. The number of carbonyl (C=O) groups is 3. The molecule has 1 fully saturated rings. The highest BCUT2D eigenvalue weighted by Gasteiger charge is 2.36. The third kappa shape index (κ3) is 3.55. The van der Waals surface area contributed by atoms with Crippen LogP contribution in [0.3, 0.4) is 0 Å². The minimum absolute atomic E-state index is 0.0373. The Kier molecular flexibility index (Phi) is 5.35. The van der Waals surface area contributed by atoms with E-state index >= 15 is 0 Å². The number of hydrogen-bond acceptors (Lipinski definition) is 6. The molecule has 0 spiro atoms. The number of thioether (sulfide) groups is 1. The van der Waals surface area contributed by atoms with Gasteiger partial charge in [-0.1, -0.05) is 11.6 Å². The Labute approximate surface area is 148 Å². The molecular formula is C13H9ClINO5S. The van der Waals surface area contributed by atoms with E-state index in [0.29, 0.717) is 25.9 Å². The molecule has 116 valence electrons. The lowest BCUT2D eigenvalue weighted by Gasteiger charge is -2.09. The van der Waals surface area contributed by atoms with E-state index in [0.717, 1.165) is 4.90 Å². The van der Waals surface area contributed by atoms with Crippen molar-refractivity contribution in [2.75, 3.05) is 13.7 Å². The molecule has 1 N–H and O–H groups in total. The van der Waals surface area contributed by atoms with Gasteiger partial charge in [-0.2, -0.15) is 0 Å². The zero-order chi connectivity index (χ0) is 16.4. The number of halogens is 2. The van der Waals surface area contributed by atoms with Crippen LogP contribution in [0.4, 0.5) is 4.79 Å². The Balaban J connectivity index is 2.33. The van der Waals surface area contributed by atoms with Crippen molar-refractivity contribution in [2.45, 2.75) is 0 Å². The summed E-state index contributed by atoms with van der Waals surface area (Å²) >= 11 is 8.50. The summed E-state index contributed by atoms with van der Waals surface area (Å²) < 4.78 is 4.96. The van der Waals surface area contributed by atoms with E-state index < -0.39 is 23.7 Å². The first-order valence-electron chi connectivity index (χ1n) is 5.83. The first kappa shape index (κ1) is 17.1. The quantitative estimate of drug-likeness (QED) is 0.430. The maximum absolute atomic E-state index is 12.1. The molecule has 1 aliphatic heterocycles. The van der Waals surface area contributed by atoms with Gasteiger partial charge >= 0.3 is 5.97 Å². The number of methoxy groups -OCH3 is 1. The number of imide groups is 1. The van der Waals surface area contributed by atoms with E-state index in [1.165, 1.54) is 19.3 Å². The summed E-state index contributed by atoms with van der Waals surface area (Å²) in [6, 6.07) is 3.05. The number of phenols is 1. The van der Waals surface area contributed by atoms with Crippen molar-refractivity contribution in [2.24, 2.45) is 0 Å². The van der Waals surface area contributed by atoms with Crippen LogP contribution >= 0.6 is 46.0 Å². The van der Waals surface area contributed by atoms with Gasteiger partial charge in [0.1, 0.15) is 12.3 Å². The Morgan fingerprint density at radius 2 is 2.18 bits per heavy atom. The maximum Gasteiger partial charge on any atom is 0.325 e. The molecule has 0 atom stereocenters. The Morgan fingerprint density at radius 3 is 2.82 bits per heavy atom. The third-order valence-corrected chi connectivity index (χ3v) is 4.68. The normalized spacial score (nSPS) is 16.5. The summed E-state index contributed by atoms with van der Waals surface area (Å²) in [5.74, 6) is -1.34. The molecule has 1 aromatic rings. The standard InChI is InChI=1S/C13H9ClINO5S/c1-21-10(17)5-16-12(19)9(22-13(16)20)3-6-2-7(14)4-8(15)11(6)18/h2-4,18H,5H2,1H3. The maximum atomic E-state index is 12.1. The highest BCUT2D eigenvalue weighted by atomic mass is 127. The number of benzene rings is 1. The Morgan fingerprint density at radius 1 is 1.50 bits per heavy atom. The average Bonchev–Trinajstić information content (AvgIpc) is 2.71. The van der Waals surface area contributed by atoms with E-state index in [1.807, 2.05) is 22.6 Å². The first-order valence-corrected chi connectivity index (χ1v) is 8.11. The number of hydrogen-bond donors (Lipinski definition) is 1. The van der Waals surface area contributed by atoms with Crippen LogP contribution in [0.5, 0.6) is 5.75 Å². The number of phenolic OH excluding ortho intramolecular Hbond substituents is 1. The predicted octanol–water partition coefficient (Wildman–Crippen LogP) is 2.86. The number of nitrogens with zero attached hydrogens (tertiary/aromatic N) is 1. The lowest BCUT2D eigenvalue weighted by molar-refractivity contribution is -0.143. The largest absolute Gasteiger partial charge is 0.506 e. The van der Waals surface area contributed by atoms with Gasteiger partial charge in [0.2, 0.25) is 0 Å². The smallest absolute Gasteiger partial charge is 0.325 e. The lowest BCUT2D eigenvalue weighted by Crippen LogP contribution is -2.34. The molecule has 1 aliphatic rings. The number of aromatic hydroxyl groups is 1. The molecule has 2 amide bonds. The minimum Gasteiger partial charge on any atom is -0.506 e. The van der Waals surface area contributed by atoms with Crippen molar-refractivity contribution >= 4 is 69.1 Å². The second-order valence-corrected chi connectivity index (χ2v) is 6.76. The molecule has 1 heterocycles. The average molecular weight is 454 g/mol. The van der Waals surface area contributed by atoms with Gasteiger partial charge in [-0.05, 0) is 52.6 Å². The summed E-state index contributed by atoms with van der Waals surface area (Å²) in [4.78, 5) is 36.0. The van der Waals surface area contributed by atoms with Crippen LogP contribution in [0.2, 0.25) is 5.02 Å². The monoisotopic (exact) mass is 453 g/mol. The van der Waals surface area contributed by atoms with Gasteiger partial charge in [0.15, 0.2) is 0 Å². The molecule has 2 rings (SSSR count). The van der Waals surface area contributed by atoms with Crippen molar-refractivity contribution in [1.82, 2.24) is 4.90 Å². The number of ether oxygens (including phenoxy) is 1. The molecule has 0 aromatic heterocycles. The fraction of sp³-hybridized carbons (Fsp3) is 0.154. The lowest BCUT2D eigenvalue weighted by atomic mass is 10.2. The highest BCUT2D eigenvalue weighted by Crippen LogP contribution is 2.36. The summed E-state index contributed by atoms with van der Waals surface area (Å²) in [6.45, 7) is -0.447. The number of esters is 1. The SMILES string of the molecule is COC(=O)CN1C(=O)SC(=Cc2cc(Cl)cc(I)c2O)C1=O. The zero-order valence-electron chi connectivity index (χ0n) is 11.1. The molecular weight excluding hydrogens is 445 g/mol. The van der Waals surface area contributed by atoms with Gasteiger partial charge in [-0.15, -0.1) is 0 Å². The number of rotatable bonds is 3. The molecule has 22 heavy (non-hydrogen) atoms. The van der Waals surface area contributed by atoms with E-state index in [4.69, 9.17) is 11.6 Å². The molecule has 9 heteroatoms. The van der Waals surface area contributed by atoms with Gasteiger partial charge in [-0.25, -0.2) is 0 Å². The second kappa shape index (κ2) is 6.88. The van der Waals surface area contributed by atoms with Crippen molar-refractivity contribution in [1.29, 1.82) is 0 Å². The van der Waals surface area contributed by atoms with Gasteiger partial charge in [0.05, 0.1) is 15.6 Å². The van der Waals surface area contributed by atoms with Gasteiger partial charge < -0.3 is 9.84 Å². The van der Waals surface area contributed by atoms with Crippen LogP contribution in [0.1, 0.15) is 5.56 Å². The van der Waals surface area contributed by atoms with Crippen molar-refractivity contribution in [3.05, 3.63) is 31.2 Å². The molecule has 6 nitrogen and oxygen atoms in total. The van der Waals surface area contributed by atoms with Crippen molar-refractivity contribution in [3.8, 4) is 5.75 Å².